The molecule has 0 amide bonds. The van der Waals surface area contributed by atoms with Gasteiger partial charge in [-0.05, 0) is 11.5 Å². The summed E-state index contributed by atoms with van der Waals surface area (Å²) in [6.07, 6.45) is 1.37. The van der Waals surface area contributed by atoms with Crippen LogP contribution in [0.3, 0.4) is 0 Å². The molecule has 2 aromatic heterocycles. The second kappa shape index (κ2) is 2.45. The predicted molar refractivity (Wildman–Crippen MR) is 45.7 cm³/mol. The summed E-state index contributed by atoms with van der Waals surface area (Å²) >= 11 is 1.26. The first-order chi connectivity index (χ1) is 5.79. The number of hydrogen-bond acceptors (Lipinski definition) is 6. The van der Waals surface area contributed by atoms with Crippen LogP contribution in [0.1, 0.15) is 0 Å². The van der Waals surface area contributed by atoms with Crippen molar-refractivity contribution in [3.8, 4) is 11.4 Å². The lowest BCUT2D eigenvalue weighted by molar-refractivity contribution is 0.839. The zero-order valence-electron chi connectivity index (χ0n) is 6.01. The summed E-state index contributed by atoms with van der Waals surface area (Å²) in [7, 11) is 0. The van der Waals surface area contributed by atoms with Gasteiger partial charge in [0.1, 0.15) is 12.1 Å². The van der Waals surface area contributed by atoms with Crippen LogP contribution in [-0.2, 0) is 0 Å². The molecule has 12 heavy (non-hydrogen) atoms. The quantitative estimate of drug-likeness (QED) is 0.590. The molecule has 62 valence electrons. The van der Waals surface area contributed by atoms with E-state index in [9.17, 15) is 0 Å². The highest BCUT2D eigenvalue weighted by molar-refractivity contribution is 7.04. The van der Waals surface area contributed by atoms with Crippen LogP contribution in [0.2, 0.25) is 0 Å². The van der Waals surface area contributed by atoms with Crippen molar-refractivity contribution in [1.82, 2.24) is 19.2 Å². The predicted octanol–water partition coefficient (Wildman–Crippen LogP) is -0.302. The Bertz CT molecular complexity index is 352. The van der Waals surface area contributed by atoms with Gasteiger partial charge in [-0.2, -0.15) is 9.16 Å². The number of aromatic nitrogens is 4. The van der Waals surface area contributed by atoms with Crippen molar-refractivity contribution >= 4 is 17.4 Å². The van der Waals surface area contributed by atoms with Crippen molar-refractivity contribution in [3.05, 3.63) is 11.7 Å². The van der Waals surface area contributed by atoms with Crippen LogP contribution < -0.4 is 11.6 Å². The summed E-state index contributed by atoms with van der Waals surface area (Å²) in [5, 5.41) is 5.50. The van der Waals surface area contributed by atoms with E-state index in [0.717, 1.165) is 5.56 Å². The van der Waals surface area contributed by atoms with Crippen molar-refractivity contribution in [2.24, 2.45) is 0 Å². The summed E-state index contributed by atoms with van der Waals surface area (Å²) < 4.78 is 3.90. The van der Waals surface area contributed by atoms with Crippen LogP contribution in [0.4, 0.5) is 5.82 Å². The maximum atomic E-state index is 5.56. The minimum absolute atomic E-state index is 0.430. The monoisotopic (exact) mass is 182 g/mol. The van der Waals surface area contributed by atoms with E-state index < -0.39 is 0 Å². The molecule has 2 aromatic rings. The van der Waals surface area contributed by atoms with Crippen LogP contribution in [0.5, 0.6) is 0 Å². The summed E-state index contributed by atoms with van der Waals surface area (Å²) in [4.78, 5) is 5.10. The van der Waals surface area contributed by atoms with Gasteiger partial charge in [0.15, 0.2) is 5.82 Å². The van der Waals surface area contributed by atoms with Crippen LogP contribution in [0, 0.1) is 0 Å². The Hall–Kier alpha value is -1.63. The molecule has 0 bridgehead atoms. The summed E-state index contributed by atoms with van der Waals surface area (Å²) in [5.74, 6) is 6.42. The highest BCUT2D eigenvalue weighted by Crippen LogP contribution is 2.22. The van der Waals surface area contributed by atoms with Crippen molar-refractivity contribution in [2.45, 2.75) is 0 Å². The molecule has 0 spiro atoms. The minimum atomic E-state index is 0.430. The Labute approximate surface area is 72.0 Å². The first-order valence-electron chi connectivity index (χ1n) is 3.14. The first kappa shape index (κ1) is 7.04. The topological polar surface area (TPSA) is 95.6 Å². The van der Waals surface area contributed by atoms with E-state index in [1.807, 2.05) is 0 Å². The van der Waals surface area contributed by atoms with Gasteiger partial charge in [0.25, 0.3) is 0 Å². The van der Waals surface area contributed by atoms with Gasteiger partial charge in [0, 0.05) is 5.38 Å². The van der Waals surface area contributed by atoms with E-state index in [1.54, 1.807) is 5.38 Å². The minimum Gasteiger partial charge on any atom is -0.382 e. The lowest BCUT2D eigenvalue weighted by Gasteiger charge is -1.95. The third-order valence-corrected chi connectivity index (χ3v) is 2.05. The average molecular weight is 182 g/mol. The molecule has 0 saturated heterocycles. The normalized spacial score (nSPS) is 10.3. The highest BCUT2D eigenvalue weighted by atomic mass is 32.1. The molecule has 0 unspecified atom stereocenters. The second-order valence-electron chi connectivity index (χ2n) is 2.14. The molecule has 0 aliphatic heterocycles. The number of nitrogens with zero attached hydrogens (tertiary/aromatic N) is 4. The molecule has 0 saturated carbocycles. The van der Waals surface area contributed by atoms with Gasteiger partial charge < -0.3 is 11.6 Å². The van der Waals surface area contributed by atoms with Crippen LogP contribution in [0.25, 0.3) is 11.4 Å². The lowest BCUT2D eigenvalue weighted by Crippen LogP contribution is -2.11. The summed E-state index contributed by atoms with van der Waals surface area (Å²) in [6.45, 7) is 0. The Morgan fingerprint density at radius 2 is 2.33 bits per heavy atom. The van der Waals surface area contributed by atoms with Gasteiger partial charge in [-0.15, -0.1) is 5.10 Å². The molecular formula is C5H6N6S. The van der Waals surface area contributed by atoms with Gasteiger partial charge in [0.05, 0.1) is 5.56 Å². The van der Waals surface area contributed by atoms with Crippen molar-refractivity contribution in [2.75, 3.05) is 11.6 Å². The third-order valence-electron chi connectivity index (χ3n) is 1.41. The molecule has 7 heteroatoms. The van der Waals surface area contributed by atoms with Gasteiger partial charge in [-0.1, -0.05) is 0 Å². The van der Waals surface area contributed by atoms with Crippen molar-refractivity contribution in [1.29, 1.82) is 0 Å². The highest BCUT2D eigenvalue weighted by Gasteiger charge is 2.10. The molecule has 0 aliphatic rings. The number of rotatable bonds is 1. The molecule has 0 radical (unpaired) electrons. The SMILES string of the molecule is Nc1nscc1-c1ncnn1N. The Morgan fingerprint density at radius 3 is 2.83 bits per heavy atom. The molecule has 4 N–H and O–H groups in total. The van der Waals surface area contributed by atoms with E-state index in [2.05, 4.69) is 14.5 Å². The Kier molecular flexibility index (Phi) is 1.44. The Balaban J connectivity index is 2.57. The van der Waals surface area contributed by atoms with Gasteiger partial charge >= 0.3 is 0 Å². The van der Waals surface area contributed by atoms with Gasteiger partial charge in [-0.3, -0.25) is 0 Å². The molecule has 2 rings (SSSR count). The first-order valence-corrected chi connectivity index (χ1v) is 3.98. The number of nitrogen functional groups attached to an aromatic ring is 2. The molecule has 0 fully saturated rings. The molecule has 0 atom stereocenters. The maximum absolute atomic E-state index is 5.56. The van der Waals surface area contributed by atoms with Crippen molar-refractivity contribution in [3.63, 3.8) is 0 Å². The van der Waals surface area contributed by atoms with E-state index in [0.29, 0.717) is 11.6 Å². The van der Waals surface area contributed by atoms with E-state index in [-0.39, 0.29) is 0 Å². The van der Waals surface area contributed by atoms with E-state index >= 15 is 0 Å². The molecule has 0 aliphatic carbocycles. The number of hydrogen-bond donors (Lipinski definition) is 2. The van der Waals surface area contributed by atoms with E-state index in [4.69, 9.17) is 11.6 Å². The third kappa shape index (κ3) is 0.909. The molecule has 0 aromatic carbocycles. The number of anilines is 1. The smallest absolute Gasteiger partial charge is 0.184 e. The fourth-order valence-corrected chi connectivity index (χ4v) is 1.45. The van der Waals surface area contributed by atoms with Crippen LogP contribution in [0.15, 0.2) is 11.7 Å². The van der Waals surface area contributed by atoms with Crippen LogP contribution >= 0.6 is 11.5 Å². The fraction of sp³-hybridized carbons (Fsp3) is 0. The van der Waals surface area contributed by atoms with Crippen LogP contribution in [-0.4, -0.2) is 19.2 Å². The number of nitrogens with two attached hydrogens (primary N) is 2. The second-order valence-corrected chi connectivity index (χ2v) is 2.77. The lowest BCUT2D eigenvalue weighted by atomic mass is 10.3. The zero-order chi connectivity index (χ0) is 8.55. The fourth-order valence-electron chi connectivity index (χ4n) is 0.856. The molecule has 2 heterocycles. The summed E-state index contributed by atoms with van der Waals surface area (Å²) in [6, 6.07) is 0. The van der Waals surface area contributed by atoms with Gasteiger partial charge in [0.2, 0.25) is 0 Å². The average Bonchev–Trinajstić information content (AvgIpc) is 2.59. The van der Waals surface area contributed by atoms with Crippen molar-refractivity contribution < 1.29 is 0 Å². The maximum Gasteiger partial charge on any atom is 0.184 e. The molecule has 6 nitrogen and oxygen atoms in total. The Morgan fingerprint density at radius 1 is 1.50 bits per heavy atom. The molecular weight excluding hydrogens is 176 g/mol. The largest absolute Gasteiger partial charge is 0.382 e. The van der Waals surface area contributed by atoms with Gasteiger partial charge in [-0.25, -0.2) is 4.98 Å². The standard InChI is InChI=1S/C5H6N6S/c6-4-3(1-12-10-4)5-8-2-9-11(5)7/h1-2H,7H2,(H2,6,10). The van der Waals surface area contributed by atoms with E-state index in [1.165, 1.54) is 22.7 Å². The summed E-state index contributed by atoms with van der Waals surface area (Å²) in [5.41, 5.74) is 6.29. The zero-order valence-corrected chi connectivity index (χ0v) is 6.82.